The molecule has 0 bridgehead atoms. The molecule has 5 heteroatoms. The lowest BCUT2D eigenvalue weighted by molar-refractivity contribution is 0.190. The molecule has 0 unspecified atom stereocenters. The standard InChI is InChI=1S/C15H23N5/c1-2-19-6-3-12(4-7-19)9-14-17-18-15-10-13(11-16)5-8-20(14)15/h5,8,10,12H,2-4,6-7,9,11,16H2,1H3. The number of rotatable bonds is 4. The van der Waals surface area contributed by atoms with Crippen molar-refractivity contribution >= 4 is 5.65 Å². The summed E-state index contributed by atoms with van der Waals surface area (Å²) in [5.41, 5.74) is 7.68. The van der Waals surface area contributed by atoms with Gasteiger partial charge in [0.05, 0.1) is 0 Å². The molecule has 2 aromatic heterocycles. The molecule has 1 aliphatic rings. The molecule has 0 aromatic carbocycles. The van der Waals surface area contributed by atoms with E-state index in [2.05, 4.69) is 32.5 Å². The second kappa shape index (κ2) is 5.89. The molecule has 2 aromatic rings. The molecule has 0 aliphatic carbocycles. The largest absolute Gasteiger partial charge is 0.326 e. The lowest BCUT2D eigenvalue weighted by Gasteiger charge is -2.30. The van der Waals surface area contributed by atoms with Gasteiger partial charge >= 0.3 is 0 Å². The van der Waals surface area contributed by atoms with Crippen LogP contribution in [0.5, 0.6) is 0 Å². The van der Waals surface area contributed by atoms with Crippen LogP contribution in [0.15, 0.2) is 18.3 Å². The summed E-state index contributed by atoms with van der Waals surface area (Å²) in [5, 5.41) is 8.63. The molecular weight excluding hydrogens is 250 g/mol. The molecule has 0 atom stereocenters. The van der Waals surface area contributed by atoms with Crippen molar-refractivity contribution in [1.82, 2.24) is 19.5 Å². The van der Waals surface area contributed by atoms with Crippen molar-refractivity contribution in [1.29, 1.82) is 0 Å². The fourth-order valence-electron chi connectivity index (χ4n) is 3.01. The Bertz CT molecular complexity index is 569. The highest BCUT2D eigenvalue weighted by Gasteiger charge is 2.20. The summed E-state index contributed by atoms with van der Waals surface area (Å²) >= 11 is 0. The molecule has 0 spiro atoms. The van der Waals surface area contributed by atoms with E-state index >= 15 is 0 Å². The topological polar surface area (TPSA) is 59.5 Å². The van der Waals surface area contributed by atoms with Crippen molar-refractivity contribution in [3.63, 3.8) is 0 Å². The van der Waals surface area contributed by atoms with Crippen LogP contribution >= 0.6 is 0 Å². The van der Waals surface area contributed by atoms with Crippen LogP contribution in [0.4, 0.5) is 0 Å². The maximum atomic E-state index is 5.66. The monoisotopic (exact) mass is 273 g/mol. The smallest absolute Gasteiger partial charge is 0.161 e. The summed E-state index contributed by atoms with van der Waals surface area (Å²) in [6.07, 6.45) is 5.61. The van der Waals surface area contributed by atoms with E-state index in [4.69, 9.17) is 5.73 Å². The van der Waals surface area contributed by atoms with Gasteiger partial charge in [-0.05, 0) is 56.1 Å². The summed E-state index contributed by atoms with van der Waals surface area (Å²) in [4.78, 5) is 2.52. The van der Waals surface area contributed by atoms with E-state index < -0.39 is 0 Å². The number of nitrogens with two attached hydrogens (primary N) is 1. The zero-order valence-corrected chi connectivity index (χ0v) is 12.1. The van der Waals surface area contributed by atoms with E-state index in [0.29, 0.717) is 6.54 Å². The van der Waals surface area contributed by atoms with Crippen molar-refractivity contribution in [3.05, 3.63) is 29.7 Å². The number of nitrogens with zero attached hydrogens (tertiary/aromatic N) is 4. The van der Waals surface area contributed by atoms with Crippen LogP contribution in [0.25, 0.3) is 5.65 Å². The molecule has 1 saturated heterocycles. The average molecular weight is 273 g/mol. The molecule has 1 aliphatic heterocycles. The Morgan fingerprint density at radius 2 is 2.10 bits per heavy atom. The third-order valence-corrected chi connectivity index (χ3v) is 4.41. The molecule has 20 heavy (non-hydrogen) atoms. The molecule has 108 valence electrons. The molecule has 0 radical (unpaired) electrons. The van der Waals surface area contributed by atoms with E-state index in [0.717, 1.165) is 29.4 Å². The van der Waals surface area contributed by atoms with E-state index in [1.807, 2.05) is 12.3 Å². The van der Waals surface area contributed by atoms with Gasteiger partial charge in [0, 0.05) is 19.2 Å². The first-order valence-electron chi connectivity index (χ1n) is 7.55. The molecule has 5 nitrogen and oxygen atoms in total. The number of hydrogen-bond donors (Lipinski definition) is 1. The third-order valence-electron chi connectivity index (χ3n) is 4.41. The maximum absolute atomic E-state index is 5.66. The van der Waals surface area contributed by atoms with Crippen LogP contribution in [0.1, 0.15) is 31.2 Å². The van der Waals surface area contributed by atoms with Gasteiger partial charge < -0.3 is 10.6 Å². The lowest BCUT2D eigenvalue weighted by atomic mass is 9.93. The Morgan fingerprint density at radius 3 is 2.80 bits per heavy atom. The fourth-order valence-corrected chi connectivity index (χ4v) is 3.01. The summed E-state index contributed by atoms with van der Waals surface area (Å²) in [6, 6.07) is 4.08. The minimum atomic E-state index is 0.550. The van der Waals surface area contributed by atoms with Gasteiger partial charge in [0.15, 0.2) is 5.65 Å². The second-order valence-electron chi connectivity index (χ2n) is 5.67. The van der Waals surface area contributed by atoms with E-state index in [-0.39, 0.29) is 0 Å². The van der Waals surface area contributed by atoms with Gasteiger partial charge in [0.2, 0.25) is 0 Å². The van der Waals surface area contributed by atoms with Gasteiger partial charge in [0.25, 0.3) is 0 Å². The van der Waals surface area contributed by atoms with Crippen LogP contribution in [0, 0.1) is 5.92 Å². The van der Waals surface area contributed by atoms with Gasteiger partial charge in [-0.15, -0.1) is 10.2 Å². The summed E-state index contributed by atoms with van der Waals surface area (Å²) in [7, 11) is 0. The van der Waals surface area contributed by atoms with Crippen molar-refractivity contribution in [2.24, 2.45) is 11.7 Å². The van der Waals surface area contributed by atoms with Gasteiger partial charge in [-0.3, -0.25) is 4.40 Å². The zero-order chi connectivity index (χ0) is 13.9. The van der Waals surface area contributed by atoms with Crippen molar-refractivity contribution in [2.75, 3.05) is 19.6 Å². The first-order valence-corrected chi connectivity index (χ1v) is 7.55. The Balaban J connectivity index is 1.72. The van der Waals surface area contributed by atoms with Crippen LogP contribution in [-0.2, 0) is 13.0 Å². The number of piperidine rings is 1. The SMILES string of the molecule is CCN1CCC(Cc2nnc3cc(CN)ccn23)CC1. The predicted octanol–water partition coefficient (Wildman–Crippen LogP) is 1.46. The van der Waals surface area contributed by atoms with Crippen molar-refractivity contribution < 1.29 is 0 Å². The minimum Gasteiger partial charge on any atom is -0.326 e. The van der Waals surface area contributed by atoms with Crippen molar-refractivity contribution in [3.8, 4) is 0 Å². The Hall–Kier alpha value is -1.46. The molecule has 3 heterocycles. The quantitative estimate of drug-likeness (QED) is 0.916. The molecule has 2 N–H and O–H groups in total. The Labute approximate surface area is 119 Å². The van der Waals surface area contributed by atoms with Gasteiger partial charge in [-0.1, -0.05) is 6.92 Å². The molecule has 0 saturated carbocycles. The van der Waals surface area contributed by atoms with Crippen LogP contribution in [0.2, 0.25) is 0 Å². The van der Waals surface area contributed by atoms with Gasteiger partial charge in [-0.2, -0.15) is 0 Å². The third kappa shape index (κ3) is 2.69. The minimum absolute atomic E-state index is 0.550. The summed E-state index contributed by atoms with van der Waals surface area (Å²) in [6.45, 7) is 6.39. The van der Waals surface area contributed by atoms with E-state index in [1.54, 1.807) is 0 Å². The first-order chi connectivity index (χ1) is 9.80. The highest BCUT2D eigenvalue weighted by Crippen LogP contribution is 2.21. The van der Waals surface area contributed by atoms with E-state index in [1.165, 1.54) is 32.5 Å². The number of aromatic nitrogens is 3. The summed E-state index contributed by atoms with van der Waals surface area (Å²) in [5.74, 6) is 1.82. The number of fused-ring (bicyclic) bond motifs is 1. The highest BCUT2D eigenvalue weighted by molar-refractivity contribution is 5.41. The number of likely N-dealkylation sites (tertiary alicyclic amines) is 1. The number of hydrogen-bond acceptors (Lipinski definition) is 4. The average Bonchev–Trinajstić information content (AvgIpc) is 2.90. The van der Waals surface area contributed by atoms with Gasteiger partial charge in [-0.25, -0.2) is 0 Å². The first kappa shape index (κ1) is 13.5. The Morgan fingerprint density at radius 1 is 1.30 bits per heavy atom. The van der Waals surface area contributed by atoms with E-state index in [9.17, 15) is 0 Å². The highest BCUT2D eigenvalue weighted by atomic mass is 15.2. The van der Waals surface area contributed by atoms with Crippen LogP contribution in [0.3, 0.4) is 0 Å². The summed E-state index contributed by atoms with van der Waals surface area (Å²) < 4.78 is 2.10. The number of pyridine rings is 1. The normalized spacial score (nSPS) is 17.9. The molecule has 3 rings (SSSR count). The predicted molar refractivity (Wildman–Crippen MR) is 79.4 cm³/mol. The van der Waals surface area contributed by atoms with Gasteiger partial charge in [0.1, 0.15) is 5.82 Å². The lowest BCUT2D eigenvalue weighted by Crippen LogP contribution is -2.34. The molecule has 1 fully saturated rings. The van der Waals surface area contributed by atoms with Crippen LogP contribution in [-0.4, -0.2) is 39.1 Å². The van der Waals surface area contributed by atoms with Crippen LogP contribution < -0.4 is 5.73 Å². The fraction of sp³-hybridized carbons (Fsp3) is 0.600. The van der Waals surface area contributed by atoms with Crippen molar-refractivity contribution in [2.45, 2.75) is 32.7 Å². The molecular formula is C15H23N5. The molecule has 0 amide bonds. The maximum Gasteiger partial charge on any atom is 0.161 e. The zero-order valence-electron chi connectivity index (χ0n) is 12.1. The second-order valence-corrected chi connectivity index (χ2v) is 5.67. The Kier molecular flexibility index (Phi) is 3.98.